The lowest BCUT2D eigenvalue weighted by Gasteiger charge is -2.34. The van der Waals surface area contributed by atoms with E-state index in [0.29, 0.717) is 44.5 Å². The highest BCUT2D eigenvalue weighted by Crippen LogP contribution is 2.45. The molecule has 6 heteroatoms. The van der Waals surface area contributed by atoms with Crippen LogP contribution in [-0.2, 0) is 31.1 Å². The van der Waals surface area contributed by atoms with Gasteiger partial charge in [0.15, 0.2) is 0 Å². The smallest absolute Gasteiger partial charge is 0.122 e. The molecular formula is C48H42O6. The molecule has 0 amide bonds. The molecule has 7 rings (SSSR count). The Bertz CT molecular complexity index is 2150. The molecule has 0 aliphatic heterocycles. The molecule has 270 valence electrons. The fourth-order valence-electron chi connectivity index (χ4n) is 7.37. The Morgan fingerprint density at radius 3 is 0.852 bits per heavy atom. The zero-order chi connectivity index (χ0) is 37.8. The van der Waals surface area contributed by atoms with Gasteiger partial charge in [-0.15, -0.1) is 0 Å². The molecule has 0 aliphatic carbocycles. The average molecular weight is 715 g/mol. The van der Waals surface area contributed by atoms with Gasteiger partial charge in [0, 0.05) is 31.1 Å². The molecule has 0 saturated heterocycles. The third kappa shape index (κ3) is 7.19. The molecule has 6 nitrogen and oxygen atoms in total. The summed E-state index contributed by atoms with van der Waals surface area (Å²) >= 11 is 0. The van der Waals surface area contributed by atoms with Crippen molar-refractivity contribution >= 4 is 0 Å². The maximum absolute atomic E-state index is 11.9. The van der Waals surface area contributed by atoms with Gasteiger partial charge in [0.25, 0.3) is 0 Å². The second-order valence-electron chi connectivity index (χ2n) is 14.0. The van der Waals surface area contributed by atoms with Crippen LogP contribution >= 0.6 is 0 Å². The minimum atomic E-state index is -0.884. The van der Waals surface area contributed by atoms with Crippen molar-refractivity contribution in [1.29, 1.82) is 0 Å². The molecule has 7 aromatic carbocycles. The van der Waals surface area contributed by atoms with Crippen molar-refractivity contribution in [2.24, 2.45) is 0 Å². The summed E-state index contributed by atoms with van der Waals surface area (Å²) < 4.78 is 0. The topological polar surface area (TPSA) is 121 Å². The summed E-state index contributed by atoms with van der Waals surface area (Å²) in [4.78, 5) is 0. The Hall–Kier alpha value is -6.66. The fraction of sp³-hybridized carbons (Fsp3) is 0.125. The molecule has 0 radical (unpaired) electrons. The highest BCUT2D eigenvalue weighted by molar-refractivity contribution is 5.60. The molecule has 0 bridgehead atoms. The first-order valence-corrected chi connectivity index (χ1v) is 17.9. The number of hydrogen-bond acceptors (Lipinski definition) is 6. The summed E-state index contributed by atoms with van der Waals surface area (Å²) in [6.45, 7) is 2.11. The van der Waals surface area contributed by atoms with Gasteiger partial charge in [0.2, 0.25) is 0 Å². The van der Waals surface area contributed by atoms with Gasteiger partial charge in [-0.2, -0.15) is 0 Å². The van der Waals surface area contributed by atoms with Crippen LogP contribution in [0.2, 0.25) is 0 Å². The average Bonchev–Trinajstić information content (AvgIpc) is 3.18. The molecular weight excluding hydrogens is 673 g/mol. The van der Waals surface area contributed by atoms with Gasteiger partial charge in [-0.1, -0.05) is 127 Å². The largest absolute Gasteiger partial charge is 0.508 e. The lowest BCUT2D eigenvalue weighted by Crippen LogP contribution is -2.26. The number of benzene rings is 7. The highest BCUT2D eigenvalue weighted by atomic mass is 16.3. The van der Waals surface area contributed by atoms with E-state index in [0.717, 1.165) is 16.7 Å². The van der Waals surface area contributed by atoms with Crippen LogP contribution < -0.4 is 0 Å². The van der Waals surface area contributed by atoms with Crippen molar-refractivity contribution in [2.75, 3.05) is 0 Å². The van der Waals surface area contributed by atoms with E-state index in [1.54, 1.807) is 48.5 Å². The SMILES string of the molecule is CC(c1ccccc1)(c1cc(Cc2ccccc2O)c(O)c(Cc2ccccc2O)c1)c1cc(Cc2ccccc2O)c(O)c(Cc2ccccc2O)c1. The molecule has 0 atom stereocenters. The Kier molecular flexibility index (Phi) is 10.0. The van der Waals surface area contributed by atoms with Gasteiger partial charge in [-0.3, -0.25) is 0 Å². The van der Waals surface area contributed by atoms with Gasteiger partial charge in [0.1, 0.15) is 34.5 Å². The predicted octanol–water partition coefficient (Wildman–Crippen LogP) is 9.64. The molecule has 0 aliphatic rings. The summed E-state index contributed by atoms with van der Waals surface area (Å²) in [5, 5.41) is 66.9. The van der Waals surface area contributed by atoms with Crippen molar-refractivity contribution in [1.82, 2.24) is 0 Å². The first-order chi connectivity index (χ1) is 26.1. The minimum absolute atomic E-state index is 0.0758. The summed E-state index contributed by atoms with van der Waals surface area (Å²) in [5.41, 5.74) is 6.76. The Morgan fingerprint density at radius 2 is 0.574 bits per heavy atom. The summed E-state index contributed by atoms with van der Waals surface area (Å²) in [7, 11) is 0. The van der Waals surface area contributed by atoms with Crippen LogP contribution in [0.3, 0.4) is 0 Å². The van der Waals surface area contributed by atoms with Crippen LogP contribution in [0.15, 0.2) is 152 Å². The van der Waals surface area contributed by atoms with Crippen LogP contribution in [-0.4, -0.2) is 30.6 Å². The Morgan fingerprint density at radius 1 is 0.315 bits per heavy atom. The van der Waals surface area contributed by atoms with Crippen LogP contribution in [0.5, 0.6) is 34.5 Å². The van der Waals surface area contributed by atoms with Crippen LogP contribution in [0.25, 0.3) is 0 Å². The van der Waals surface area contributed by atoms with E-state index in [9.17, 15) is 30.6 Å². The number of hydrogen-bond donors (Lipinski definition) is 6. The quantitative estimate of drug-likeness (QED) is 0.0743. The third-order valence-electron chi connectivity index (χ3n) is 10.5. The molecule has 0 heterocycles. The molecule has 0 aromatic heterocycles. The van der Waals surface area contributed by atoms with E-state index in [1.165, 1.54) is 0 Å². The first kappa shape index (κ1) is 35.7. The highest BCUT2D eigenvalue weighted by Gasteiger charge is 2.34. The van der Waals surface area contributed by atoms with E-state index in [1.807, 2.05) is 91.0 Å². The maximum atomic E-state index is 11.9. The molecule has 0 fully saturated rings. The molecule has 7 aromatic rings. The number of aromatic hydroxyl groups is 6. The van der Waals surface area contributed by atoms with Crippen LogP contribution in [0.4, 0.5) is 0 Å². The van der Waals surface area contributed by atoms with E-state index < -0.39 is 5.41 Å². The van der Waals surface area contributed by atoms with Gasteiger partial charge in [-0.25, -0.2) is 0 Å². The Balaban J connectivity index is 1.48. The standard InChI is InChI=1S/C48H42O6/c1-48(39-17-3-2-4-18-39,40-27-35(23-31-13-5-9-19-42(31)49)46(53)36(28-40)24-32-14-6-10-20-43(32)50)41-29-37(25-33-15-7-11-21-44(33)51)47(54)38(30-41)26-34-16-8-12-22-45(34)52/h2-22,27-30,49-54H,23-26H2,1H3. The van der Waals surface area contributed by atoms with Crippen molar-refractivity contribution < 1.29 is 30.6 Å². The van der Waals surface area contributed by atoms with Gasteiger partial charge < -0.3 is 30.6 Å². The molecule has 54 heavy (non-hydrogen) atoms. The number of phenols is 6. The second-order valence-corrected chi connectivity index (χ2v) is 14.0. The van der Waals surface area contributed by atoms with Crippen LogP contribution in [0.1, 0.15) is 68.1 Å². The number of phenolic OH excluding ortho intramolecular Hbond substituents is 6. The minimum Gasteiger partial charge on any atom is -0.508 e. The van der Waals surface area contributed by atoms with Crippen molar-refractivity contribution in [3.8, 4) is 34.5 Å². The zero-order valence-electron chi connectivity index (χ0n) is 29.9. The maximum Gasteiger partial charge on any atom is 0.122 e. The van der Waals surface area contributed by atoms with Gasteiger partial charge >= 0.3 is 0 Å². The van der Waals surface area contributed by atoms with Gasteiger partial charge in [0.05, 0.1) is 0 Å². The normalized spacial score (nSPS) is 11.4. The lowest BCUT2D eigenvalue weighted by molar-refractivity contribution is 0.456. The Labute approximate surface area is 315 Å². The summed E-state index contributed by atoms with van der Waals surface area (Å²) in [6, 6.07) is 46.2. The summed E-state index contributed by atoms with van der Waals surface area (Å²) in [5.74, 6) is 0.639. The molecule has 0 spiro atoms. The zero-order valence-corrected chi connectivity index (χ0v) is 29.9. The van der Waals surface area contributed by atoms with Crippen LogP contribution in [0, 0.1) is 0 Å². The number of para-hydroxylation sites is 4. The van der Waals surface area contributed by atoms with Crippen molar-refractivity contribution in [2.45, 2.75) is 38.0 Å². The fourth-order valence-corrected chi connectivity index (χ4v) is 7.37. The molecule has 0 saturated carbocycles. The monoisotopic (exact) mass is 714 g/mol. The number of rotatable bonds is 11. The van der Waals surface area contributed by atoms with E-state index in [4.69, 9.17) is 0 Å². The molecule has 6 N–H and O–H groups in total. The summed E-state index contributed by atoms with van der Waals surface area (Å²) in [6.07, 6.45) is 0.991. The second kappa shape index (κ2) is 15.1. The predicted molar refractivity (Wildman–Crippen MR) is 212 cm³/mol. The van der Waals surface area contributed by atoms with E-state index in [-0.39, 0.29) is 60.2 Å². The third-order valence-corrected chi connectivity index (χ3v) is 10.5. The molecule has 0 unspecified atom stereocenters. The lowest BCUT2D eigenvalue weighted by atomic mass is 9.69. The van der Waals surface area contributed by atoms with Gasteiger partial charge in [-0.05, 0) is 92.4 Å². The first-order valence-electron chi connectivity index (χ1n) is 17.9. The van der Waals surface area contributed by atoms with Crippen molar-refractivity contribution in [3.63, 3.8) is 0 Å². The van der Waals surface area contributed by atoms with E-state index in [2.05, 4.69) is 19.1 Å². The van der Waals surface area contributed by atoms with Crippen molar-refractivity contribution in [3.05, 3.63) is 213 Å². The van der Waals surface area contributed by atoms with E-state index >= 15 is 0 Å².